The van der Waals surface area contributed by atoms with Crippen LogP contribution in [0, 0.1) is 5.92 Å². The van der Waals surface area contributed by atoms with E-state index in [2.05, 4.69) is 10.6 Å². The van der Waals surface area contributed by atoms with Crippen molar-refractivity contribution in [3.63, 3.8) is 0 Å². The van der Waals surface area contributed by atoms with Gasteiger partial charge in [-0.15, -0.1) is 0 Å². The SMILES string of the molecule is CS(=O)(=O)N1CCC(CNC(=O)NC(CCC(=O)O)Cc2ccccc2)C1. The fraction of sp³-hybridized carbons (Fsp3) is 0.556. The first-order chi connectivity index (χ1) is 12.7. The van der Waals surface area contributed by atoms with Gasteiger partial charge in [-0.2, -0.15) is 0 Å². The molecular formula is C18H27N3O5S. The number of benzene rings is 1. The van der Waals surface area contributed by atoms with Crippen LogP contribution in [-0.2, 0) is 21.2 Å². The molecule has 0 aromatic heterocycles. The summed E-state index contributed by atoms with van der Waals surface area (Å²) >= 11 is 0. The molecule has 2 amide bonds. The first-order valence-electron chi connectivity index (χ1n) is 8.99. The van der Waals surface area contributed by atoms with Crippen molar-refractivity contribution in [3.05, 3.63) is 35.9 Å². The van der Waals surface area contributed by atoms with Crippen LogP contribution in [0.25, 0.3) is 0 Å². The molecule has 1 aromatic carbocycles. The summed E-state index contributed by atoms with van der Waals surface area (Å²) in [5.41, 5.74) is 1.02. The molecule has 2 unspecified atom stereocenters. The predicted octanol–water partition coefficient (Wildman–Crippen LogP) is 1.04. The molecule has 1 fully saturated rings. The summed E-state index contributed by atoms with van der Waals surface area (Å²) in [6.07, 6.45) is 2.76. The largest absolute Gasteiger partial charge is 0.481 e. The number of hydrogen-bond acceptors (Lipinski definition) is 4. The van der Waals surface area contributed by atoms with Gasteiger partial charge < -0.3 is 15.7 Å². The Hall–Kier alpha value is -2.13. The van der Waals surface area contributed by atoms with Crippen molar-refractivity contribution >= 4 is 22.0 Å². The molecule has 1 aliphatic heterocycles. The van der Waals surface area contributed by atoms with Crippen LogP contribution in [-0.4, -0.2) is 61.8 Å². The van der Waals surface area contributed by atoms with E-state index in [0.717, 1.165) is 5.56 Å². The highest BCUT2D eigenvalue weighted by Gasteiger charge is 2.28. The van der Waals surface area contributed by atoms with E-state index in [0.29, 0.717) is 38.9 Å². The Morgan fingerprint density at radius 1 is 1.30 bits per heavy atom. The molecule has 27 heavy (non-hydrogen) atoms. The highest BCUT2D eigenvalue weighted by atomic mass is 32.2. The molecule has 3 N–H and O–H groups in total. The smallest absolute Gasteiger partial charge is 0.315 e. The Bertz CT molecular complexity index is 739. The number of aliphatic carboxylic acids is 1. The summed E-state index contributed by atoms with van der Waals surface area (Å²) in [4.78, 5) is 23.1. The minimum absolute atomic E-state index is 0.0241. The quantitative estimate of drug-likeness (QED) is 0.576. The maximum absolute atomic E-state index is 12.2. The van der Waals surface area contributed by atoms with Crippen molar-refractivity contribution in [1.82, 2.24) is 14.9 Å². The minimum atomic E-state index is -3.19. The highest BCUT2D eigenvalue weighted by Crippen LogP contribution is 2.17. The second-order valence-electron chi connectivity index (χ2n) is 6.95. The Kier molecular flexibility index (Phi) is 7.61. The van der Waals surface area contributed by atoms with Crippen LogP contribution in [0.2, 0.25) is 0 Å². The van der Waals surface area contributed by atoms with Gasteiger partial charge in [0.05, 0.1) is 6.26 Å². The molecule has 1 heterocycles. The third-order valence-corrected chi connectivity index (χ3v) is 5.91. The molecule has 0 saturated carbocycles. The van der Waals surface area contributed by atoms with E-state index >= 15 is 0 Å². The molecular weight excluding hydrogens is 370 g/mol. The molecule has 0 aliphatic carbocycles. The van der Waals surface area contributed by atoms with Crippen molar-refractivity contribution in [1.29, 1.82) is 0 Å². The molecule has 150 valence electrons. The average Bonchev–Trinajstić information content (AvgIpc) is 3.08. The third-order valence-electron chi connectivity index (χ3n) is 4.64. The number of nitrogens with zero attached hydrogens (tertiary/aromatic N) is 1. The van der Waals surface area contributed by atoms with E-state index in [1.165, 1.54) is 10.6 Å². The molecule has 2 rings (SSSR count). The molecule has 1 aliphatic rings. The van der Waals surface area contributed by atoms with Crippen LogP contribution in [0.3, 0.4) is 0 Å². The topological polar surface area (TPSA) is 116 Å². The summed E-state index contributed by atoms with van der Waals surface area (Å²) in [5.74, 6) is -0.820. The van der Waals surface area contributed by atoms with E-state index in [9.17, 15) is 18.0 Å². The fourth-order valence-electron chi connectivity index (χ4n) is 3.16. The van der Waals surface area contributed by atoms with Crippen molar-refractivity contribution < 1.29 is 23.1 Å². The van der Waals surface area contributed by atoms with Crippen molar-refractivity contribution in [3.8, 4) is 0 Å². The van der Waals surface area contributed by atoms with Crippen molar-refractivity contribution in [2.24, 2.45) is 5.92 Å². The average molecular weight is 397 g/mol. The second-order valence-corrected chi connectivity index (χ2v) is 8.93. The number of amides is 2. The molecule has 9 heteroatoms. The van der Waals surface area contributed by atoms with Gasteiger partial charge in [-0.25, -0.2) is 17.5 Å². The first-order valence-corrected chi connectivity index (χ1v) is 10.8. The number of rotatable bonds is 9. The zero-order valence-corrected chi connectivity index (χ0v) is 16.2. The first kappa shape index (κ1) is 21.2. The number of carboxylic acid groups (broad SMARTS) is 1. The zero-order chi connectivity index (χ0) is 19.9. The van der Waals surface area contributed by atoms with Gasteiger partial charge in [-0.3, -0.25) is 4.79 Å². The molecule has 1 saturated heterocycles. The maximum atomic E-state index is 12.2. The van der Waals surface area contributed by atoms with Gasteiger partial charge in [0.15, 0.2) is 0 Å². The number of nitrogens with one attached hydrogen (secondary N) is 2. The van der Waals surface area contributed by atoms with Crippen LogP contribution < -0.4 is 10.6 Å². The van der Waals surface area contributed by atoms with Gasteiger partial charge in [-0.05, 0) is 30.7 Å². The monoisotopic (exact) mass is 397 g/mol. The van der Waals surface area contributed by atoms with Gasteiger partial charge in [0.25, 0.3) is 0 Å². The standard InChI is InChI=1S/C18H27N3O5S/c1-27(25,26)21-10-9-15(13-21)12-19-18(24)20-16(7-8-17(22)23)11-14-5-3-2-4-6-14/h2-6,15-16H,7-13H2,1H3,(H,22,23)(H2,19,20,24). The van der Waals surface area contributed by atoms with Gasteiger partial charge in [0, 0.05) is 32.1 Å². The van der Waals surface area contributed by atoms with Crippen molar-refractivity contribution in [2.45, 2.75) is 31.7 Å². The van der Waals surface area contributed by atoms with Crippen LogP contribution in [0.15, 0.2) is 30.3 Å². The molecule has 1 aromatic rings. The van der Waals surface area contributed by atoms with Crippen LogP contribution in [0.5, 0.6) is 0 Å². The Labute approximate surface area is 160 Å². The Balaban J connectivity index is 1.83. The van der Waals surface area contributed by atoms with Gasteiger partial charge in [0.2, 0.25) is 10.0 Å². The van der Waals surface area contributed by atoms with Crippen LogP contribution in [0.4, 0.5) is 4.79 Å². The summed E-state index contributed by atoms with van der Waals surface area (Å²) in [7, 11) is -3.19. The number of hydrogen-bond donors (Lipinski definition) is 3. The Morgan fingerprint density at radius 3 is 2.59 bits per heavy atom. The molecule has 0 spiro atoms. The van der Waals surface area contributed by atoms with E-state index in [-0.39, 0.29) is 24.4 Å². The normalized spacial score (nSPS) is 18.8. The van der Waals surface area contributed by atoms with Gasteiger partial charge in [-0.1, -0.05) is 30.3 Å². The third kappa shape index (κ3) is 7.56. The lowest BCUT2D eigenvalue weighted by Gasteiger charge is -2.20. The Morgan fingerprint density at radius 2 is 2.00 bits per heavy atom. The zero-order valence-electron chi connectivity index (χ0n) is 15.4. The number of sulfonamides is 1. The summed E-state index contributed by atoms with van der Waals surface area (Å²) in [6, 6.07) is 8.92. The summed E-state index contributed by atoms with van der Waals surface area (Å²) in [5, 5.41) is 14.5. The van der Waals surface area contributed by atoms with E-state index < -0.39 is 16.0 Å². The van der Waals surface area contributed by atoms with E-state index in [4.69, 9.17) is 5.11 Å². The maximum Gasteiger partial charge on any atom is 0.315 e. The van der Waals surface area contributed by atoms with Gasteiger partial charge in [0.1, 0.15) is 0 Å². The van der Waals surface area contributed by atoms with Gasteiger partial charge >= 0.3 is 12.0 Å². The summed E-state index contributed by atoms with van der Waals surface area (Å²) < 4.78 is 24.5. The van der Waals surface area contributed by atoms with Crippen LogP contribution in [0.1, 0.15) is 24.8 Å². The lowest BCUT2D eigenvalue weighted by Crippen LogP contribution is -2.45. The lowest BCUT2D eigenvalue weighted by molar-refractivity contribution is -0.137. The molecule has 2 atom stereocenters. The highest BCUT2D eigenvalue weighted by molar-refractivity contribution is 7.88. The minimum Gasteiger partial charge on any atom is -0.481 e. The molecule has 0 radical (unpaired) electrons. The van der Waals surface area contributed by atoms with Crippen LogP contribution >= 0.6 is 0 Å². The van der Waals surface area contributed by atoms with Crippen molar-refractivity contribution in [2.75, 3.05) is 25.9 Å². The molecule has 0 bridgehead atoms. The number of carboxylic acids is 1. The van der Waals surface area contributed by atoms with E-state index in [1.807, 2.05) is 30.3 Å². The van der Waals surface area contributed by atoms with E-state index in [1.54, 1.807) is 0 Å². The number of carbonyl (C=O) groups excluding carboxylic acids is 1. The number of urea groups is 1. The molecule has 8 nitrogen and oxygen atoms in total. The second kappa shape index (κ2) is 9.70. The lowest BCUT2D eigenvalue weighted by atomic mass is 10.0. The number of carbonyl (C=O) groups is 2. The summed E-state index contributed by atoms with van der Waals surface area (Å²) in [6.45, 7) is 1.27. The predicted molar refractivity (Wildman–Crippen MR) is 102 cm³/mol. The fourth-order valence-corrected chi connectivity index (χ4v) is 4.08.